The first kappa shape index (κ1) is 114. The summed E-state index contributed by atoms with van der Waals surface area (Å²) in [5, 5.41) is 0. The van der Waals surface area contributed by atoms with Crippen molar-refractivity contribution in [2.75, 3.05) is 0 Å². The van der Waals surface area contributed by atoms with Gasteiger partial charge in [0.15, 0.2) is 0 Å². The van der Waals surface area contributed by atoms with Crippen molar-refractivity contribution in [3.05, 3.63) is 239 Å². The Balaban J connectivity index is -0.000000174. The van der Waals surface area contributed by atoms with Gasteiger partial charge in [0.25, 0.3) is 0 Å². The van der Waals surface area contributed by atoms with Crippen molar-refractivity contribution in [1.82, 2.24) is 0 Å². The van der Waals surface area contributed by atoms with E-state index >= 15 is 0 Å². The minimum atomic E-state index is 0. The first-order valence-electron chi connectivity index (χ1n) is 36.9. The summed E-state index contributed by atoms with van der Waals surface area (Å²) in [6.45, 7) is 85.4. The Morgan fingerprint density at radius 2 is 0.490 bits per heavy atom. The van der Waals surface area contributed by atoms with Crippen LogP contribution >= 0.6 is 0 Å². The molecule has 0 amide bonds. The molecule has 0 aliphatic carbocycles. The molecule has 0 aliphatic heterocycles. The van der Waals surface area contributed by atoms with Crippen LogP contribution in [0.25, 0.3) is 44.5 Å². The van der Waals surface area contributed by atoms with Crippen LogP contribution < -0.4 is 0 Å². The van der Waals surface area contributed by atoms with Crippen LogP contribution in [0.2, 0.25) is 0 Å². The first-order valence-corrected chi connectivity index (χ1v) is 36.9. The van der Waals surface area contributed by atoms with Gasteiger partial charge in [-0.15, -0.1) is 57.1 Å². The largest absolute Gasteiger partial charge is 0.226 e. The van der Waals surface area contributed by atoms with E-state index in [9.17, 15) is 0 Å². The van der Waals surface area contributed by atoms with E-state index < -0.39 is 0 Å². The minimum Gasteiger partial charge on any atom is -0.226 e. The first-order chi connectivity index (χ1) is 44.7. The van der Waals surface area contributed by atoms with Gasteiger partial charge in [0.1, 0.15) is 0 Å². The predicted molar refractivity (Wildman–Crippen MR) is 439 cm³/mol. The molecular formula is C96H144Y4-8. The maximum absolute atomic E-state index is 3.53. The molecule has 0 saturated heterocycles. The van der Waals surface area contributed by atoms with Gasteiger partial charge in [-0.05, 0) is 37.9 Å². The second-order valence-electron chi connectivity index (χ2n) is 29.9. The smallest absolute Gasteiger partial charge is 0 e. The molecule has 0 spiro atoms. The predicted octanol–water partition coefficient (Wildman–Crippen LogP) is 30.4. The van der Waals surface area contributed by atoms with Gasteiger partial charge in [-0.3, -0.25) is 0 Å². The summed E-state index contributed by atoms with van der Waals surface area (Å²) in [5.41, 5.74) is 20.7. The molecule has 0 saturated carbocycles. The maximum atomic E-state index is 3.53. The molecule has 0 aromatic heterocycles. The van der Waals surface area contributed by atoms with Gasteiger partial charge >= 0.3 is 0 Å². The van der Waals surface area contributed by atoms with Crippen molar-refractivity contribution in [3.63, 3.8) is 0 Å². The Kier molecular flexibility index (Phi) is 64.4. The monoisotopic (exact) mass is 1650 g/mol. The van der Waals surface area contributed by atoms with Crippen LogP contribution in [0, 0.1) is 48.5 Å². The number of hydrogen-bond acceptors (Lipinski definition) is 0. The quantitative estimate of drug-likeness (QED) is 0.154. The van der Waals surface area contributed by atoms with Gasteiger partial charge in [-0.1, -0.05) is 282 Å². The average Bonchev–Trinajstić information content (AvgIpc) is 0.820. The topological polar surface area (TPSA) is 0 Å². The van der Waals surface area contributed by atoms with Gasteiger partial charge in [0.05, 0.1) is 0 Å². The molecule has 0 aliphatic rings. The second-order valence-corrected chi connectivity index (χ2v) is 29.9. The summed E-state index contributed by atoms with van der Waals surface area (Å²) in [6.07, 6.45) is 0. The molecule has 8 aromatic carbocycles. The molecule has 0 atom stereocenters. The van der Waals surface area contributed by atoms with Crippen LogP contribution in [-0.2, 0) is 174 Å². The average molecular weight is 1650 g/mol. The molecule has 0 N–H and O–H groups in total. The summed E-state index contributed by atoms with van der Waals surface area (Å²) in [7, 11) is 0. The Morgan fingerprint density at radius 3 is 0.750 bits per heavy atom. The summed E-state index contributed by atoms with van der Waals surface area (Å²) in [6, 6.07) is 78.5. The molecular weight excluding hydrogens is 1510 g/mol. The fourth-order valence-corrected chi connectivity index (χ4v) is 8.72. The van der Waals surface area contributed by atoms with Gasteiger partial charge in [0, 0.05) is 131 Å². The van der Waals surface area contributed by atoms with Crippen LogP contribution in [0.15, 0.2) is 146 Å². The normalized spacial score (nSPS) is 10.5. The number of hydrogen-bond donors (Lipinski definition) is 0. The molecule has 8 aromatic rings. The van der Waals surface area contributed by atoms with Crippen molar-refractivity contribution < 1.29 is 131 Å². The molecule has 548 valence electrons. The molecule has 4 radical (unpaired) electrons. The van der Waals surface area contributed by atoms with Crippen LogP contribution in [0.1, 0.15) is 321 Å². The summed E-state index contributed by atoms with van der Waals surface area (Å²) in [4.78, 5) is 0. The van der Waals surface area contributed by atoms with Gasteiger partial charge in [-0.25, -0.2) is 44.5 Å². The molecule has 0 heterocycles. The zero-order chi connectivity index (χ0) is 75.9. The Hall–Kier alpha value is -1.82. The fourth-order valence-electron chi connectivity index (χ4n) is 8.72. The van der Waals surface area contributed by atoms with E-state index in [-0.39, 0.29) is 174 Å². The number of benzene rings is 8. The molecule has 0 nitrogen and oxygen atoms in total. The maximum Gasteiger partial charge on any atom is 0 e. The molecule has 4 heteroatoms. The van der Waals surface area contributed by atoms with E-state index in [0.29, 0.717) is 0 Å². The van der Waals surface area contributed by atoms with Crippen molar-refractivity contribution in [3.8, 4) is 44.5 Å². The van der Waals surface area contributed by atoms with Gasteiger partial charge < -0.3 is 0 Å². The Labute approximate surface area is 725 Å². The summed E-state index contributed by atoms with van der Waals surface area (Å²) in [5.74, 6) is 0. The third-order valence-electron chi connectivity index (χ3n) is 14.5. The van der Waals surface area contributed by atoms with Crippen molar-refractivity contribution in [2.24, 2.45) is 0 Å². The fraction of sp³-hybridized carbons (Fsp3) is 0.500. The molecule has 8 rings (SSSR count). The van der Waals surface area contributed by atoms with E-state index in [1.165, 1.54) is 50.1 Å². The van der Waals surface area contributed by atoms with Crippen molar-refractivity contribution >= 4 is 0 Å². The van der Waals surface area contributed by atoms with Crippen LogP contribution in [0.3, 0.4) is 0 Å². The van der Waals surface area contributed by atoms with Crippen LogP contribution in [-0.4, -0.2) is 0 Å². The molecule has 0 unspecified atom stereocenters. The van der Waals surface area contributed by atoms with Crippen LogP contribution in [0.5, 0.6) is 0 Å². The Bertz CT molecular complexity index is 3030. The van der Waals surface area contributed by atoms with E-state index in [2.05, 4.69) is 348 Å². The zero-order valence-electron chi connectivity index (χ0n) is 72.2. The molecule has 100 heavy (non-hydrogen) atoms. The van der Waals surface area contributed by atoms with Gasteiger partial charge in [-0.2, -0.15) is 181 Å². The third kappa shape index (κ3) is 42.5. The van der Waals surface area contributed by atoms with Crippen LogP contribution in [0.4, 0.5) is 0 Å². The van der Waals surface area contributed by atoms with Crippen molar-refractivity contribution in [1.29, 1.82) is 0 Å². The molecule has 0 fully saturated rings. The SMILES string of the molecule is CC.CC.CC.CC.CC.CC.CC.CC.CC(C)(C)c1[c-]c(-c2[c-]cc(C(C)(C)C)cc2)ccc1.CC(C)(C)c1c[c-]c(-c2[c-]cc(C(C)(C)C)cc2)cc1.CC(C)(C)c1c[c-]c(-c2[c-]ccc(C(C)(C)C)c2)cc1.CC(C)(C)c1c[c-]c(-c2[c-]cccc2C(C)(C)C)cc1.[Y].[Y].[Y].[Y]. The third-order valence-corrected chi connectivity index (χ3v) is 14.5. The van der Waals surface area contributed by atoms with E-state index in [0.717, 1.165) is 38.9 Å². The number of rotatable bonds is 4. The van der Waals surface area contributed by atoms with E-state index in [4.69, 9.17) is 0 Å². The summed E-state index contributed by atoms with van der Waals surface area (Å²) >= 11 is 0. The standard InChI is InChI=1S/4C20H24.8C2H6.4Y/c1-19(2,3)17-11-7-15(8-12-17)16-9-13-18(14-10-16)20(4,5)6;2*1-19(2,3)17-12-10-15(11-13-17)16-8-7-9-18(14-16)20(4,5)6;1-19(2,3)16-13-11-15(12-14-16)17-9-7-8-10-18(17)20(4,5)6;8*1-2;;;;/h7,9,11-14H,1-6H3;7,9-10,12-14H,1-6H3;7-10,12-13H,1-6H3;7-8,10-11,13-14H,1-6H3;8*1-2H3;;;;/q4*-2;;;;;;;;;;;;. The van der Waals surface area contributed by atoms with Crippen molar-refractivity contribution in [2.45, 2.75) is 320 Å². The molecule has 0 bridgehead atoms. The Morgan fingerprint density at radius 1 is 0.210 bits per heavy atom. The minimum absolute atomic E-state index is 0. The zero-order valence-corrected chi connectivity index (χ0v) is 83.5. The summed E-state index contributed by atoms with van der Waals surface area (Å²) < 4.78 is 0. The van der Waals surface area contributed by atoms with E-state index in [1.54, 1.807) is 0 Å². The second kappa shape index (κ2) is 56.5. The van der Waals surface area contributed by atoms with E-state index in [1.807, 2.05) is 123 Å². The van der Waals surface area contributed by atoms with Gasteiger partial charge in [0.2, 0.25) is 0 Å².